The number of hydrogen-bond acceptors (Lipinski definition) is 4. The van der Waals surface area contributed by atoms with Crippen LogP contribution in [0.1, 0.15) is 64.9 Å². The summed E-state index contributed by atoms with van der Waals surface area (Å²) in [4.78, 5) is 29.6. The van der Waals surface area contributed by atoms with Crippen molar-refractivity contribution in [1.82, 2.24) is 20.1 Å². The van der Waals surface area contributed by atoms with Gasteiger partial charge in [-0.25, -0.2) is 22.0 Å². The van der Waals surface area contributed by atoms with Gasteiger partial charge in [-0.1, -0.05) is 19.1 Å². The number of carbonyl (C=O) groups excluding carboxylic acids is 2. The fraction of sp³-hybridized carbons (Fsp3) is 0.241. The predicted octanol–water partition coefficient (Wildman–Crippen LogP) is 6.47. The number of nitrogens with zero attached hydrogens (tertiary/aromatic N) is 3. The lowest BCUT2D eigenvalue weighted by atomic mass is 9.94. The van der Waals surface area contributed by atoms with Crippen LogP contribution in [0.2, 0.25) is 0 Å². The molecule has 0 spiro atoms. The smallest absolute Gasteiger partial charge is 0.366 e. The first-order valence-corrected chi connectivity index (χ1v) is 12.9. The number of primary amides is 1. The summed E-state index contributed by atoms with van der Waals surface area (Å²) < 4.78 is 110. The standard InChI is InChI=1S/C29H23F8N5O2/c1-2-22(42-23(26(33)34)13-24(41-42)29(35,36)37)28(44)40-21(10-14-8-16(30)12-17(31)9-14)25-18(4-3-7-39-25)15-5-6-20(32)19(11-15)27(38)43/h3-9,11-13,21-22,26H,2,10H2,1H3,(H2,38,43)(H,40,44)/t21-,22+/m0/s1. The van der Waals surface area contributed by atoms with Gasteiger partial charge in [-0.05, 0) is 60.4 Å². The van der Waals surface area contributed by atoms with Crippen molar-refractivity contribution in [3.8, 4) is 11.1 Å². The van der Waals surface area contributed by atoms with Crippen LogP contribution in [0.15, 0.2) is 60.8 Å². The van der Waals surface area contributed by atoms with Gasteiger partial charge in [0.05, 0.1) is 17.3 Å². The molecule has 2 heterocycles. The molecule has 44 heavy (non-hydrogen) atoms. The third-order valence-electron chi connectivity index (χ3n) is 6.65. The molecule has 0 radical (unpaired) electrons. The Kier molecular flexibility index (Phi) is 9.35. The molecule has 0 aliphatic heterocycles. The molecule has 0 unspecified atom stereocenters. The number of hydrogen-bond donors (Lipinski definition) is 2. The number of nitrogens with two attached hydrogens (primary N) is 1. The third kappa shape index (κ3) is 7.03. The Balaban J connectivity index is 1.81. The number of rotatable bonds is 10. The number of amides is 2. The molecule has 0 aliphatic rings. The van der Waals surface area contributed by atoms with E-state index in [1.165, 1.54) is 31.3 Å². The highest BCUT2D eigenvalue weighted by Crippen LogP contribution is 2.34. The summed E-state index contributed by atoms with van der Waals surface area (Å²) in [6.07, 6.45) is -7.79. The van der Waals surface area contributed by atoms with Gasteiger partial charge in [0.1, 0.15) is 29.2 Å². The van der Waals surface area contributed by atoms with Crippen molar-refractivity contribution < 1.29 is 44.7 Å². The van der Waals surface area contributed by atoms with Crippen molar-refractivity contribution in [2.24, 2.45) is 5.73 Å². The molecule has 0 fully saturated rings. The van der Waals surface area contributed by atoms with Gasteiger partial charge in [-0.2, -0.15) is 18.3 Å². The monoisotopic (exact) mass is 625 g/mol. The molecule has 15 heteroatoms. The molecule has 2 atom stereocenters. The maximum Gasteiger partial charge on any atom is 0.435 e. The van der Waals surface area contributed by atoms with Crippen molar-refractivity contribution in [2.45, 2.75) is 44.5 Å². The zero-order valence-corrected chi connectivity index (χ0v) is 22.7. The highest BCUT2D eigenvalue weighted by atomic mass is 19.4. The second kappa shape index (κ2) is 12.8. The van der Waals surface area contributed by atoms with Crippen LogP contribution in [0.25, 0.3) is 11.1 Å². The Labute approximate surface area is 244 Å². The molecule has 0 bridgehead atoms. The highest BCUT2D eigenvalue weighted by molar-refractivity contribution is 5.94. The molecule has 4 rings (SSSR count). The molecular formula is C29H23F8N5O2. The van der Waals surface area contributed by atoms with Gasteiger partial charge in [0, 0.05) is 17.8 Å². The molecule has 0 aliphatic carbocycles. The summed E-state index contributed by atoms with van der Waals surface area (Å²) in [6.45, 7) is 1.36. The first kappa shape index (κ1) is 32.1. The molecule has 2 aromatic carbocycles. The Morgan fingerprint density at radius 1 is 1.00 bits per heavy atom. The van der Waals surface area contributed by atoms with Crippen LogP contribution in [0, 0.1) is 17.5 Å². The van der Waals surface area contributed by atoms with Gasteiger partial charge >= 0.3 is 6.18 Å². The summed E-state index contributed by atoms with van der Waals surface area (Å²) in [5.74, 6) is -4.93. The minimum atomic E-state index is -5.07. The van der Waals surface area contributed by atoms with E-state index in [1.807, 2.05) is 0 Å². The van der Waals surface area contributed by atoms with Gasteiger partial charge in [0.15, 0.2) is 5.69 Å². The van der Waals surface area contributed by atoms with Crippen molar-refractivity contribution in [2.75, 3.05) is 0 Å². The minimum absolute atomic E-state index is 0.0288. The summed E-state index contributed by atoms with van der Waals surface area (Å²) in [6, 6.07) is 6.12. The van der Waals surface area contributed by atoms with Crippen LogP contribution in [-0.4, -0.2) is 26.6 Å². The van der Waals surface area contributed by atoms with Gasteiger partial charge in [-0.15, -0.1) is 0 Å². The van der Waals surface area contributed by atoms with Crippen molar-refractivity contribution in [3.63, 3.8) is 0 Å². The van der Waals surface area contributed by atoms with Crippen molar-refractivity contribution >= 4 is 11.8 Å². The lowest BCUT2D eigenvalue weighted by Crippen LogP contribution is -2.37. The average Bonchev–Trinajstić information content (AvgIpc) is 3.39. The number of alkyl halides is 5. The second-order valence-corrected chi connectivity index (χ2v) is 9.66. The minimum Gasteiger partial charge on any atom is -0.366 e. The first-order chi connectivity index (χ1) is 20.7. The van der Waals surface area contributed by atoms with E-state index >= 15 is 0 Å². The summed E-state index contributed by atoms with van der Waals surface area (Å²) in [5, 5.41) is 5.78. The number of halogens is 8. The Morgan fingerprint density at radius 2 is 1.68 bits per heavy atom. The normalized spacial score (nSPS) is 13.1. The number of benzene rings is 2. The van der Waals surface area contributed by atoms with Gasteiger partial charge in [-0.3, -0.25) is 19.3 Å². The SMILES string of the molecule is CC[C@H](C(=O)N[C@@H](Cc1cc(F)cc(F)c1)c1ncccc1-c1ccc(F)c(C(N)=O)c1)n1nc(C(F)(F)F)cc1C(F)F. The van der Waals surface area contributed by atoms with E-state index in [1.54, 1.807) is 0 Å². The zero-order chi connectivity index (χ0) is 32.3. The molecule has 0 saturated heterocycles. The van der Waals surface area contributed by atoms with Crippen molar-refractivity contribution in [3.05, 3.63) is 106 Å². The van der Waals surface area contributed by atoms with Crippen LogP contribution in [0.5, 0.6) is 0 Å². The largest absolute Gasteiger partial charge is 0.435 e. The van der Waals surface area contributed by atoms with Crippen LogP contribution >= 0.6 is 0 Å². The third-order valence-corrected chi connectivity index (χ3v) is 6.65. The van der Waals surface area contributed by atoms with E-state index in [0.717, 1.165) is 24.3 Å². The molecule has 2 aromatic heterocycles. The van der Waals surface area contributed by atoms with E-state index in [-0.39, 0.29) is 41.3 Å². The van der Waals surface area contributed by atoms with Crippen LogP contribution in [-0.2, 0) is 17.4 Å². The molecule has 3 N–H and O–H groups in total. The molecule has 2 amide bonds. The number of nitrogens with one attached hydrogen (secondary N) is 1. The van der Waals surface area contributed by atoms with Crippen LogP contribution in [0.4, 0.5) is 35.1 Å². The summed E-state index contributed by atoms with van der Waals surface area (Å²) in [7, 11) is 0. The van der Waals surface area contributed by atoms with E-state index in [4.69, 9.17) is 5.73 Å². The van der Waals surface area contributed by atoms with E-state index in [0.29, 0.717) is 10.7 Å². The second-order valence-electron chi connectivity index (χ2n) is 9.66. The van der Waals surface area contributed by atoms with Gasteiger partial charge in [0.2, 0.25) is 5.91 Å². The average molecular weight is 626 g/mol. The lowest BCUT2D eigenvalue weighted by Gasteiger charge is -2.25. The van der Waals surface area contributed by atoms with E-state index in [2.05, 4.69) is 15.4 Å². The Bertz CT molecular complexity index is 1670. The van der Waals surface area contributed by atoms with Gasteiger partial charge in [0.25, 0.3) is 12.3 Å². The number of carbonyl (C=O) groups is 2. The maximum absolute atomic E-state index is 14.2. The highest BCUT2D eigenvalue weighted by Gasteiger charge is 2.38. The fourth-order valence-electron chi connectivity index (χ4n) is 4.70. The first-order valence-electron chi connectivity index (χ1n) is 12.9. The van der Waals surface area contributed by atoms with Crippen LogP contribution in [0.3, 0.4) is 0 Å². The predicted molar refractivity (Wildman–Crippen MR) is 141 cm³/mol. The van der Waals surface area contributed by atoms with E-state index in [9.17, 15) is 44.7 Å². The molecule has 0 saturated carbocycles. The van der Waals surface area contributed by atoms with Crippen molar-refractivity contribution in [1.29, 1.82) is 0 Å². The zero-order valence-electron chi connectivity index (χ0n) is 22.7. The number of aromatic nitrogens is 3. The van der Waals surface area contributed by atoms with Gasteiger partial charge < -0.3 is 11.1 Å². The summed E-state index contributed by atoms with van der Waals surface area (Å²) in [5.41, 5.74) is 2.53. The fourth-order valence-corrected chi connectivity index (χ4v) is 4.70. The Hall–Kier alpha value is -4.82. The topological polar surface area (TPSA) is 103 Å². The number of pyridine rings is 1. The van der Waals surface area contributed by atoms with Crippen LogP contribution < -0.4 is 11.1 Å². The molecule has 4 aromatic rings. The molecule has 232 valence electrons. The quantitative estimate of drug-likeness (QED) is 0.197. The molecular weight excluding hydrogens is 602 g/mol. The molecule has 7 nitrogen and oxygen atoms in total. The van der Waals surface area contributed by atoms with E-state index < -0.39 is 70.9 Å². The lowest BCUT2D eigenvalue weighted by molar-refractivity contribution is -0.142. The summed E-state index contributed by atoms with van der Waals surface area (Å²) >= 11 is 0. The maximum atomic E-state index is 14.2. The Morgan fingerprint density at radius 3 is 2.27 bits per heavy atom.